The van der Waals surface area contributed by atoms with Gasteiger partial charge in [-0.15, -0.1) is 10.2 Å². The van der Waals surface area contributed by atoms with Gasteiger partial charge in [0.1, 0.15) is 11.6 Å². The number of nitrogens with zero attached hydrogens (tertiary/aromatic N) is 4. The number of sulfonamides is 1. The fourth-order valence-electron chi connectivity index (χ4n) is 6.53. The zero-order valence-electron chi connectivity index (χ0n) is 24.3. The number of carbonyl (C=O) groups is 1. The summed E-state index contributed by atoms with van der Waals surface area (Å²) in [7, 11) is -4.69. The molecule has 1 saturated heterocycles. The molecule has 0 spiro atoms. The van der Waals surface area contributed by atoms with E-state index in [0.29, 0.717) is 17.4 Å². The minimum atomic E-state index is -4.89. The van der Waals surface area contributed by atoms with E-state index < -0.39 is 39.7 Å². The standard InChI is InChI=1S/C29H40F3N5O3S/c1-17-6-9-24(18(2)10-17)33-27(38)23-15-36(41(39,40)16-29(30,31)32)14-22(23)26-35-34-25(37(26)21-7-8-21)20-11-19(12-20)13-28(3,4)5/h6,9-10,19-23H,7-8,11-16H2,1-5H3,(H,33,38)/t19-,20+,22-,23-/m0/s1. The van der Waals surface area contributed by atoms with Crippen LogP contribution in [-0.4, -0.2) is 58.4 Å². The Morgan fingerprint density at radius 1 is 1.05 bits per heavy atom. The second kappa shape index (κ2) is 10.7. The van der Waals surface area contributed by atoms with Crippen molar-refractivity contribution in [2.24, 2.45) is 17.3 Å². The quantitative estimate of drug-likeness (QED) is 0.422. The van der Waals surface area contributed by atoms with Crippen LogP contribution in [0.15, 0.2) is 18.2 Å². The van der Waals surface area contributed by atoms with Crippen LogP contribution in [0.25, 0.3) is 0 Å². The van der Waals surface area contributed by atoms with Crippen LogP contribution in [0.2, 0.25) is 0 Å². The van der Waals surface area contributed by atoms with Crippen molar-refractivity contribution in [1.29, 1.82) is 0 Å². The number of amides is 1. The van der Waals surface area contributed by atoms with Crippen LogP contribution in [-0.2, 0) is 14.8 Å². The second-order valence-electron chi connectivity index (χ2n) is 13.5. The summed E-state index contributed by atoms with van der Waals surface area (Å²) in [6, 6.07) is 5.72. The number of benzene rings is 1. The molecule has 2 aromatic rings. The Hall–Kier alpha value is -2.47. The van der Waals surface area contributed by atoms with Gasteiger partial charge in [-0.2, -0.15) is 13.2 Å². The third kappa shape index (κ3) is 6.79. The van der Waals surface area contributed by atoms with Crippen molar-refractivity contribution in [3.63, 3.8) is 0 Å². The summed E-state index contributed by atoms with van der Waals surface area (Å²) in [5, 5.41) is 12.0. The number of carbonyl (C=O) groups excluding carboxylic acids is 1. The SMILES string of the molecule is Cc1ccc(NC(=O)[C@H]2CN(S(=O)(=O)CC(F)(F)F)C[C@@H]2c2nnc([C@H]3C[C@@H](CC(C)(C)C)C3)n2C2CC2)c(C)c1. The Balaban J connectivity index is 1.44. The minimum absolute atomic E-state index is 0.167. The first-order valence-electron chi connectivity index (χ1n) is 14.4. The van der Waals surface area contributed by atoms with Crippen LogP contribution in [0.1, 0.15) is 93.5 Å². The average Bonchev–Trinajstić information content (AvgIpc) is 3.37. The van der Waals surface area contributed by atoms with E-state index in [2.05, 4.69) is 40.9 Å². The summed E-state index contributed by atoms with van der Waals surface area (Å²) in [5.41, 5.74) is 2.68. The first-order chi connectivity index (χ1) is 19.0. The maximum atomic E-state index is 13.7. The topological polar surface area (TPSA) is 97.2 Å². The van der Waals surface area contributed by atoms with Crippen LogP contribution in [0.5, 0.6) is 0 Å². The summed E-state index contributed by atoms with van der Waals surface area (Å²) in [6.07, 6.45) is 0.0771. The highest BCUT2D eigenvalue weighted by Crippen LogP contribution is 2.50. The highest BCUT2D eigenvalue weighted by Gasteiger charge is 2.50. The molecule has 1 amide bonds. The van der Waals surface area contributed by atoms with Crippen molar-refractivity contribution in [3.8, 4) is 0 Å². The van der Waals surface area contributed by atoms with Crippen LogP contribution < -0.4 is 5.32 Å². The van der Waals surface area contributed by atoms with Gasteiger partial charge < -0.3 is 9.88 Å². The maximum absolute atomic E-state index is 13.7. The maximum Gasteiger partial charge on any atom is 0.404 e. The summed E-state index contributed by atoms with van der Waals surface area (Å²) < 4.78 is 68.1. The van der Waals surface area contributed by atoms with Gasteiger partial charge in [-0.05, 0) is 68.9 Å². The zero-order valence-corrected chi connectivity index (χ0v) is 25.1. The Kier molecular flexibility index (Phi) is 7.80. The summed E-state index contributed by atoms with van der Waals surface area (Å²) in [5.74, 6) is -1.83. The number of nitrogens with one attached hydrogen (secondary N) is 1. The fraction of sp³-hybridized carbons (Fsp3) is 0.690. The Bertz CT molecular complexity index is 1410. The van der Waals surface area contributed by atoms with Gasteiger partial charge in [-0.1, -0.05) is 38.5 Å². The lowest BCUT2D eigenvalue weighted by Crippen LogP contribution is -2.37. The number of halogens is 3. The van der Waals surface area contributed by atoms with Crippen molar-refractivity contribution >= 4 is 21.6 Å². The van der Waals surface area contributed by atoms with Crippen LogP contribution in [0.4, 0.5) is 18.9 Å². The Morgan fingerprint density at radius 2 is 1.71 bits per heavy atom. The minimum Gasteiger partial charge on any atom is -0.326 e. The molecule has 1 aliphatic heterocycles. The number of hydrogen-bond acceptors (Lipinski definition) is 5. The lowest BCUT2D eigenvalue weighted by molar-refractivity contribution is -0.119. The molecule has 1 aromatic heterocycles. The van der Waals surface area contributed by atoms with E-state index in [1.807, 2.05) is 26.0 Å². The van der Waals surface area contributed by atoms with Gasteiger partial charge in [0.05, 0.1) is 5.92 Å². The van der Waals surface area contributed by atoms with E-state index in [4.69, 9.17) is 0 Å². The van der Waals surface area contributed by atoms with E-state index in [0.717, 1.165) is 53.4 Å². The molecular formula is C29H40F3N5O3S. The zero-order chi connectivity index (χ0) is 29.9. The molecule has 5 rings (SSSR count). The number of anilines is 1. The largest absolute Gasteiger partial charge is 0.404 e. The summed E-state index contributed by atoms with van der Waals surface area (Å²) in [4.78, 5) is 13.7. The molecule has 3 aliphatic rings. The fourth-order valence-corrected chi connectivity index (χ4v) is 7.90. The van der Waals surface area contributed by atoms with Gasteiger partial charge in [0, 0.05) is 36.7 Å². The van der Waals surface area contributed by atoms with Crippen molar-refractivity contribution in [2.75, 3.05) is 24.2 Å². The molecule has 2 atom stereocenters. The lowest BCUT2D eigenvalue weighted by atomic mass is 9.68. The molecule has 2 aliphatic carbocycles. The number of aryl methyl sites for hydroxylation is 2. The number of hydrogen-bond donors (Lipinski definition) is 1. The smallest absolute Gasteiger partial charge is 0.326 e. The van der Waals surface area contributed by atoms with Crippen LogP contribution in [0.3, 0.4) is 0 Å². The normalized spacial score (nSPS) is 25.8. The highest BCUT2D eigenvalue weighted by molar-refractivity contribution is 7.89. The third-order valence-electron chi connectivity index (χ3n) is 8.50. The number of alkyl halides is 3. The molecule has 2 saturated carbocycles. The van der Waals surface area contributed by atoms with Crippen molar-refractivity contribution < 1.29 is 26.4 Å². The highest BCUT2D eigenvalue weighted by atomic mass is 32.2. The predicted octanol–water partition coefficient (Wildman–Crippen LogP) is 5.71. The van der Waals surface area contributed by atoms with E-state index in [1.54, 1.807) is 6.07 Å². The summed E-state index contributed by atoms with van der Waals surface area (Å²) in [6.45, 7) is 9.89. The van der Waals surface area contributed by atoms with Gasteiger partial charge in [0.2, 0.25) is 15.9 Å². The van der Waals surface area contributed by atoms with Gasteiger partial charge >= 0.3 is 6.18 Å². The van der Waals surface area contributed by atoms with E-state index in [-0.39, 0.29) is 30.5 Å². The average molecular weight is 596 g/mol. The molecule has 226 valence electrons. The van der Waals surface area contributed by atoms with Gasteiger partial charge in [-0.3, -0.25) is 4.79 Å². The van der Waals surface area contributed by atoms with E-state index >= 15 is 0 Å². The molecule has 2 heterocycles. The van der Waals surface area contributed by atoms with Crippen LogP contribution >= 0.6 is 0 Å². The second-order valence-corrected chi connectivity index (χ2v) is 15.5. The van der Waals surface area contributed by atoms with E-state index in [1.165, 1.54) is 0 Å². The molecule has 0 bridgehead atoms. The Labute approximate surface area is 240 Å². The third-order valence-corrected chi connectivity index (χ3v) is 10.3. The first-order valence-corrected chi connectivity index (χ1v) is 16.0. The molecule has 1 N–H and O–H groups in total. The van der Waals surface area contributed by atoms with Crippen molar-refractivity contribution in [3.05, 3.63) is 41.0 Å². The number of aromatic nitrogens is 3. The molecule has 3 fully saturated rings. The summed E-state index contributed by atoms with van der Waals surface area (Å²) >= 11 is 0. The predicted molar refractivity (Wildman–Crippen MR) is 150 cm³/mol. The van der Waals surface area contributed by atoms with Gasteiger partial charge in [-0.25, -0.2) is 12.7 Å². The molecule has 0 radical (unpaired) electrons. The van der Waals surface area contributed by atoms with Crippen molar-refractivity contribution in [2.45, 2.75) is 90.8 Å². The lowest BCUT2D eigenvalue weighted by Gasteiger charge is -2.38. The molecule has 8 nitrogen and oxygen atoms in total. The van der Waals surface area contributed by atoms with Gasteiger partial charge in [0.25, 0.3) is 0 Å². The van der Waals surface area contributed by atoms with Crippen molar-refractivity contribution in [1.82, 2.24) is 19.1 Å². The number of rotatable bonds is 8. The Morgan fingerprint density at radius 3 is 2.29 bits per heavy atom. The van der Waals surface area contributed by atoms with E-state index in [9.17, 15) is 26.4 Å². The van der Waals surface area contributed by atoms with Gasteiger partial charge in [0.15, 0.2) is 5.75 Å². The molecule has 12 heteroatoms. The molecule has 1 aromatic carbocycles. The first kappa shape index (κ1) is 30.0. The monoisotopic (exact) mass is 595 g/mol. The molecule has 0 unspecified atom stereocenters. The molecule has 41 heavy (non-hydrogen) atoms. The van der Waals surface area contributed by atoms with Crippen LogP contribution in [0, 0.1) is 31.1 Å². The molecular weight excluding hydrogens is 555 g/mol.